The number of carbonyl (C=O) groups excluding carboxylic acids is 2. The number of nitrogens with zero attached hydrogens (tertiary/aromatic N) is 2. The third-order valence-corrected chi connectivity index (χ3v) is 5.11. The first-order valence-corrected chi connectivity index (χ1v) is 11.5. The number of rotatable bonds is 19. The molecule has 0 saturated carbocycles. The lowest BCUT2D eigenvalue weighted by Gasteiger charge is -2.17. The van der Waals surface area contributed by atoms with E-state index in [1.54, 1.807) is 13.8 Å². The van der Waals surface area contributed by atoms with Crippen molar-refractivity contribution in [2.24, 2.45) is 0 Å². The number of nitrogens with one attached hydrogen (secondary N) is 2. The zero-order valence-corrected chi connectivity index (χ0v) is 20.0. The van der Waals surface area contributed by atoms with E-state index in [0.717, 1.165) is 39.0 Å². The van der Waals surface area contributed by atoms with Crippen molar-refractivity contribution in [1.82, 2.24) is 20.4 Å². The highest BCUT2D eigenvalue weighted by molar-refractivity contribution is 5.92. The highest BCUT2D eigenvalue weighted by Crippen LogP contribution is 2.07. The maximum Gasteiger partial charge on any atom is 0.246 e. The molecule has 30 heavy (non-hydrogen) atoms. The van der Waals surface area contributed by atoms with Gasteiger partial charge in [-0.15, -0.1) is 0 Å². The molecular weight excluding hydrogens is 376 g/mol. The molecule has 0 rings (SSSR count). The second-order valence-electron chi connectivity index (χ2n) is 8.51. The SMILES string of the molecule is C=C(C)C(=O)NCCCN(C)CCCCCCCCN(C)CCCNC(=O)C(=C)C. The molecule has 0 aromatic rings. The Morgan fingerprint density at radius 3 is 1.23 bits per heavy atom. The maximum atomic E-state index is 11.4. The van der Waals surface area contributed by atoms with Crippen LogP contribution in [0.4, 0.5) is 0 Å². The van der Waals surface area contributed by atoms with Crippen molar-refractivity contribution in [3.8, 4) is 0 Å². The van der Waals surface area contributed by atoms with Crippen molar-refractivity contribution in [1.29, 1.82) is 0 Å². The van der Waals surface area contributed by atoms with Crippen LogP contribution in [0.1, 0.15) is 65.2 Å². The summed E-state index contributed by atoms with van der Waals surface area (Å²) < 4.78 is 0. The minimum atomic E-state index is -0.0454. The van der Waals surface area contributed by atoms with E-state index in [1.165, 1.54) is 38.5 Å². The molecule has 0 unspecified atom stereocenters. The summed E-state index contributed by atoms with van der Waals surface area (Å²) in [6, 6.07) is 0. The summed E-state index contributed by atoms with van der Waals surface area (Å²) in [5.74, 6) is -0.0909. The Hall–Kier alpha value is -1.66. The van der Waals surface area contributed by atoms with Crippen LogP contribution in [0.5, 0.6) is 0 Å². The summed E-state index contributed by atoms with van der Waals surface area (Å²) in [6.07, 6.45) is 9.61. The Balaban J connectivity index is 3.42. The fraction of sp³-hybridized carbons (Fsp3) is 0.750. The molecule has 0 radical (unpaired) electrons. The molecule has 0 bridgehead atoms. The van der Waals surface area contributed by atoms with Crippen LogP contribution in [0.25, 0.3) is 0 Å². The third-order valence-electron chi connectivity index (χ3n) is 5.11. The molecule has 0 atom stereocenters. The molecule has 0 spiro atoms. The molecule has 174 valence electrons. The summed E-state index contributed by atoms with van der Waals surface area (Å²) in [6.45, 7) is 16.4. The molecule has 0 aliphatic heterocycles. The van der Waals surface area contributed by atoms with Crippen LogP contribution in [0.3, 0.4) is 0 Å². The van der Waals surface area contributed by atoms with Crippen LogP contribution >= 0.6 is 0 Å². The van der Waals surface area contributed by atoms with Crippen molar-refractivity contribution in [2.45, 2.75) is 65.2 Å². The van der Waals surface area contributed by atoms with Crippen molar-refractivity contribution < 1.29 is 9.59 Å². The smallest absolute Gasteiger partial charge is 0.246 e. The lowest BCUT2D eigenvalue weighted by molar-refractivity contribution is -0.118. The van der Waals surface area contributed by atoms with Gasteiger partial charge in [0.2, 0.25) is 11.8 Å². The number of hydrogen-bond acceptors (Lipinski definition) is 4. The maximum absolute atomic E-state index is 11.4. The average Bonchev–Trinajstić information content (AvgIpc) is 2.69. The van der Waals surface area contributed by atoms with Gasteiger partial charge in [0.25, 0.3) is 0 Å². The zero-order chi connectivity index (χ0) is 22.8. The molecule has 0 saturated heterocycles. The Morgan fingerprint density at radius 1 is 0.600 bits per heavy atom. The van der Waals surface area contributed by atoms with Gasteiger partial charge in [-0.25, -0.2) is 0 Å². The second kappa shape index (κ2) is 18.1. The van der Waals surface area contributed by atoms with Gasteiger partial charge in [-0.3, -0.25) is 9.59 Å². The number of amides is 2. The summed E-state index contributed by atoms with van der Waals surface area (Å²) in [7, 11) is 4.31. The van der Waals surface area contributed by atoms with Crippen molar-refractivity contribution in [2.75, 3.05) is 53.4 Å². The topological polar surface area (TPSA) is 64.7 Å². The highest BCUT2D eigenvalue weighted by atomic mass is 16.2. The number of unbranched alkanes of at least 4 members (excludes halogenated alkanes) is 5. The first kappa shape index (κ1) is 28.3. The van der Waals surface area contributed by atoms with Gasteiger partial charge < -0.3 is 20.4 Å². The lowest BCUT2D eigenvalue weighted by Crippen LogP contribution is -2.28. The third kappa shape index (κ3) is 17.2. The monoisotopic (exact) mass is 422 g/mol. The molecule has 6 nitrogen and oxygen atoms in total. The summed E-state index contributed by atoms with van der Waals surface area (Å²) in [5.41, 5.74) is 1.14. The van der Waals surface area contributed by atoms with Gasteiger partial charge in [0.05, 0.1) is 0 Å². The first-order chi connectivity index (χ1) is 14.2. The number of carbonyl (C=O) groups is 2. The molecule has 6 heteroatoms. The molecule has 2 N–H and O–H groups in total. The van der Waals surface area contributed by atoms with Crippen LogP contribution < -0.4 is 10.6 Å². The van der Waals surface area contributed by atoms with E-state index in [-0.39, 0.29) is 11.8 Å². The molecule has 0 aliphatic carbocycles. The Bertz CT molecular complexity index is 473. The van der Waals surface area contributed by atoms with Crippen molar-refractivity contribution in [3.63, 3.8) is 0 Å². The average molecular weight is 423 g/mol. The van der Waals surface area contributed by atoms with E-state index in [4.69, 9.17) is 0 Å². The van der Waals surface area contributed by atoms with E-state index in [1.807, 2.05) is 0 Å². The Morgan fingerprint density at radius 2 is 0.900 bits per heavy atom. The summed E-state index contributed by atoms with van der Waals surface area (Å²) in [5, 5.41) is 5.75. The van der Waals surface area contributed by atoms with E-state index in [9.17, 15) is 9.59 Å². The zero-order valence-electron chi connectivity index (χ0n) is 20.0. The minimum Gasteiger partial charge on any atom is -0.352 e. The number of hydrogen-bond donors (Lipinski definition) is 2. The van der Waals surface area contributed by atoms with Crippen LogP contribution in [-0.2, 0) is 9.59 Å². The molecule has 2 amide bonds. The summed E-state index contributed by atoms with van der Waals surface area (Å²) in [4.78, 5) is 27.5. The van der Waals surface area contributed by atoms with Gasteiger partial charge in [0.1, 0.15) is 0 Å². The van der Waals surface area contributed by atoms with E-state index in [2.05, 4.69) is 47.7 Å². The molecule has 0 fully saturated rings. The van der Waals surface area contributed by atoms with Gasteiger partial charge in [0.15, 0.2) is 0 Å². The van der Waals surface area contributed by atoms with Gasteiger partial charge >= 0.3 is 0 Å². The largest absolute Gasteiger partial charge is 0.352 e. The van der Waals surface area contributed by atoms with Gasteiger partial charge in [-0.05, 0) is 79.8 Å². The second-order valence-corrected chi connectivity index (χ2v) is 8.51. The minimum absolute atomic E-state index is 0.0454. The predicted molar refractivity (Wildman–Crippen MR) is 128 cm³/mol. The fourth-order valence-electron chi connectivity index (χ4n) is 3.10. The highest BCUT2D eigenvalue weighted by Gasteiger charge is 2.03. The lowest BCUT2D eigenvalue weighted by atomic mass is 10.1. The molecule has 0 heterocycles. The van der Waals surface area contributed by atoms with Gasteiger partial charge in [-0.2, -0.15) is 0 Å². The molecule has 0 aromatic carbocycles. The normalized spacial score (nSPS) is 11.0. The molecule has 0 aliphatic rings. The summed E-state index contributed by atoms with van der Waals surface area (Å²) >= 11 is 0. The molecular formula is C24H46N4O2. The fourth-order valence-corrected chi connectivity index (χ4v) is 3.10. The van der Waals surface area contributed by atoms with Crippen molar-refractivity contribution in [3.05, 3.63) is 24.3 Å². The van der Waals surface area contributed by atoms with Crippen LogP contribution in [0.15, 0.2) is 24.3 Å². The van der Waals surface area contributed by atoms with E-state index >= 15 is 0 Å². The predicted octanol–water partition coefficient (Wildman–Crippen LogP) is 3.36. The standard InChI is InChI=1S/C24H46N4O2/c1-21(2)23(29)25-15-13-19-27(5)17-11-9-7-8-10-12-18-28(6)20-14-16-26-24(30)22(3)4/h1,3,7-20H2,2,4-6H3,(H,25,29)(H,26,30). The Kier molecular flexibility index (Phi) is 17.1. The molecule has 0 aromatic heterocycles. The Labute approximate surface area is 185 Å². The van der Waals surface area contributed by atoms with Crippen LogP contribution in [0, 0.1) is 0 Å². The van der Waals surface area contributed by atoms with Gasteiger partial charge in [0, 0.05) is 24.2 Å². The quantitative estimate of drug-likeness (QED) is 0.247. The van der Waals surface area contributed by atoms with Crippen molar-refractivity contribution >= 4 is 11.8 Å². The van der Waals surface area contributed by atoms with Gasteiger partial charge in [-0.1, -0.05) is 38.8 Å². The van der Waals surface area contributed by atoms with Crippen LogP contribution in [-0.4, -0.2) is 75.0 Å². The van der Waals surface area contributed by atoms with E-state index in [0.29, 0.717) is 24.2 Å². The van der Waals surface area contributed by atoms with E-state index < -0.39 is 0 Å². The van der Waals surface area contributed by atoms with Crippen LogP contribution in [0.2, 0.25) is 0 Å². The first-order valence-electron chi connectivity index (χ1n) is 11.5.